The summed E-state index contributed by atoms with van der Waals surface area (Å²) in [5.41, 5.74) is -0.919. The number of carbonyl (C=O) groups excluding carboxylic acids is 1. The van der Waals surface area contributed by atoms with E-state index in [-0.39, 0.29) is 17.9 Å². The number of aliphatic hydroxyl groups is 1. The van der Waals surface area contributed by atoms with Crippen molar-refractivity contribution in [3.8, 4) is 0 Å². The van der Waals surface area contributed by atoms with Crippen molar-refractivity contribution >= 4 is 11.9 Å². The van der Waals surface area contributed by atoms with Crippen LogP contribution in [0.25, 0.3) is 0 Å². The molecular weight excluding hydrogens is 224 g/mol. The number of aromatic carboxylic acids is 1. The fraction of sp³-hybridized carbons (Fsp3) is 0.364. The molecule has 1 amide bonds. The van der Waals surface area contributed by atoms with Gasteiger partial charge in [0.25, 0.3) is 5.91 Å². The van der Waals surface area contributed by atoms with Crippen LogP contribution in [0, 0.1) is 0 Å². The van der Waals surface area contributed by atoms with Gasteiger partial charge in [-0.05, 0) is 25.0 Å². The molecule has 0 radical (unpaired) electrons. The predicted molar refractivity (Wildman–Crippen MR) is 57.7 cm³/mol. The maximum absolute atomic E-state index is 11.6. The summed E-state index contributed by atoms with van der Waals surface area (Å²) in [6, 6.07) is 4.20. The summed E-state index contributed by atoms with van der Waals surface area (Å²) < 4.78 is 0. The molecule has 1 aromatic rings. The number of aromatic nitrogens is 1. The molecule has 0 aromatic carbocycles. The molecule has 0 bridgehead atoms. The normalized spacial score (nSPS) is 16.3. The number of carbonyl (C=O) groups is 2. The molecule has 90 valence electrons. The topological polar surface area (TPSA) is 99.5 Å². The number of hydrogen-bond donors (Lipinski definition) is 3. The van der Waals surface area contributed by atoms with E-state index in [0.717, 1.165) is 0 Å². The van der Waals surface area contributed by atoms with Crippen molar-refractivity contribution in [1.82, 2.24) is 10.3 Å². The van der Waals surface area contributed by atoms with Crippen molar-refractivity contribution in [2.24, 2.45) is 0 Å². The number of hydrogen-bond acceptors (Lipinski definition) is 4. The molecule has 6 nitrogen and oxygen atoms in total. The molecule has 1 fully saturated rings. The van der Waals surface area contributed by atoms with Crippen molar-refractivity contribution < 1.29 is 19.8 Å². The predicted octanol–water partition coefficient (Wildman–Crippen LogP) is 0.0345. The Morgan fingerprint density at radius 1 is 1.35 bits per heavy atom. The molecule has 1 aliphatic rings. The molecule has 0 spiro atoms. The zero-order valence-corrected chi connectivity index (χ0v) is 9.01. The van der Waals surface area contributed by atoms with Crippen molar-refractivity contribution in [3.63, 3.8) is 0 Å². The molecule has 1 aromatic heterocycles. The average molecular weight is 236 g/mol. The third kappa shape index (κ3) is 2.79. The number of nitrogens with one attached hydrogen (secondary N) is 1. The lowest BCUT2D eigenvalue weighted by molar-refractivity contribution is 0.0690. The number of nitrogens with zero attached hydrogens (tertiary/aromatic N) is 1. The van der Waals surface area contributed by atoms with E-state index in [1.165, 1.54) is 18.2 Å². The second-order valence-corrected chi connectivity index (χ2v) is 4.12. The van der Waals surface area contributed by atoms with E-state index in [9.17, 15) is 14.7 Å². The van der Waals surface area contributed by atoms with Crippen LogP contribution in [0.4, 0.5) is 0 Å². The van der Waals surface area contributed by atoms with Gasteiger partial charge >= 0.3 is 5.97 Å². The van der Waals surface area contributed by atoms with E-state index < -0.39 is 17.5 Å². The Kier molecular flexibility index (Phi) is 2.81. The van der Waals surface area contributed by atoms with Crippen LogP contribution in [0.5, 0.6) is 0 Å². The molecule has 0 aliphatic heterocycles. The zero-order chi connectivity index (χ0) is 12.5. The molecule has 1 heterocycles. The Bertz CT molecular complexity index is 468. The number of carboxylic acid groups (broad SMARTS) is 1. The van der Waals surface area contributed by atoms with E-state index >= 15 is 0 Å². The minimum Gasteiger partial charge on any atom is -0.477 e. The van der Waals surface area contributed by atoms with Crippen LogP contribution in [0.1, 0.15) is 33.8 Å². The van der Waals surface area contributed by atoms with Crippen LogP contribution in [-0.4, -0.2) is 39.2 Å². The molecule has 3 N–H and O–H groups in total. The molecule has 0 atom stereocenters. The average Bonchev–Trinajstić information content (AvgIpc) is 3.05. The summed E-state index contributed by atoms with van der Waals surface area (Å²) in [5, 5.41) is 20.8. The smallest absolute Gasteiger partial charge is 0.354 e. The lowest BCUT2D eigenvalue weighted by Crippen LogP contribution is -2.33. The third-order valence-electron chi connectivity index (χ3n) is 2.61. The quantitative estimate of drug-likeness (QED) is 0.685. The van der Waals surface area contributed by atoms with Gasteiger partial charge in [-0.1, -0.05) is 6.07 Å². The number of amides is 1. The Hall–Kier alpha value is -1.95. The van der Waals surface area contributed by atoms with Gasteiger partial charge < -0.3 is 15.5 Å². The number of carboxylic acids is 1. The summed E-state index contributed by atoms with van der Waals surface area (Å²) >= 11 is 0. The van der Waals surface area contributed by atoms with Gasteiger partial charge in [0.05, 0.1) is 5.60 Å². The summed E-state index contributed by atoms with van der Waals surface area (Å²) in [5.74, 6) is -1.66. The summed E-state index contributed by atoms with van der Waals surface area (Å²) in [6.07, 6.45) is 1.35. The molecule has 0 unspecified atom stereocenters. The van der Waals surface area contributed by atoms with Gasteiger partial charge in [0.15, 0.2) is 0 Å². The van der Waals surface area contributed by atoms with Crippen LogP contribution < -0.4 is 5.32 Å². The first-order valence-electron chi connectivity index (χ1n) is 5.21. The van der Waals surface area contributed by atoms with Gasteiger partial charge in [0.2, 0.25) is 0 Å². The molecule has 6 heteroatoms. The van der Waals surface area contributed by atoms with Crippen molar-refractivity contribution in [1.29, 1.82) is 0 Å². The first-order chi connectivity index (χ1) is 8.00. The molecule has 0 saturated heterocycles. The maximum atomic E-state index is 11.6. The second-order valence-electron chi connectivity index (χ2n) is 4.12. The molecule has 1 aliphatic carbocycles. The molecular formula is C11H12N2O4. The highest BCUT2D eigenvalue weighted by atomic mass is 16.4. The number of rotatable bonds is 4. The van der Waals surface area contributed by atoms with Gasteiger partial charge in [-0.2, -0.15) is 0 Å². The number of pyridine rings is 1. The Morgan fingerprint density at radius 3 is 2.59 bits per heavy atom. The largest absolute Gasteiger partial charge is 0.477 e. The van der Waals surface area contributed by atoms with Crippen LogP contribution in [0.2, 0.25) is 0 Å². The van der Waals surface area contributed by atoms with Crippen molar-refractivity contribution in [2.75, 3.05) is 6.54 Å². The van der Waals surface area contributed by atoms with Crippen LogP contribution in [0.15, 0.2) is 18.2 Å². The fourth-order valence-electron chi connectivity index (χ4n) is 1.34. The van der Waals surface area contributed by atoms with Gasteiger partial charge in [-0.15, -0.1) is 0 Å². The Balaban J connectivity index is 2.03. The Morgan fingerprint density at radius 2 is 2.00 bits per heavy atom. The van der Waals surface area contributed by atoms with E-state index in [0.29, 0.717) is 12.8 Å². The van der Waals surface area contributed by atoms with Crippen molar-refractivity contribution in [2.45, 2.75) is 18.4 Å². The highest BCUT2D eigenvalue weighted by Crippen LogP contribution is 2.33. The zero-order valence-electron chi connectivity index (χ0n) is 9.01. The van der Waals surface area contributed by atoms with E-state index in [2.05, 4.69) is 10.3 Å². The van der Waals surface area contributed by atoms with Crippen LogP contribution in [-0.2, 0) is 0 Å². The van der Waals surface area contributed by atoms with E-state index in [4.69, 9.17) is 5.11 Å². The highest BCUT2D eigenvalue weighted by Gasteiger charge is 2.40. The van der Waals surface area contributed by atoms with Crippen molar-refractivity contribution in [3.05, 3.63) is 29.6 Å². The standard InChI is InChI=1S/C11H12N2O4/c14-9(12-6-11(17)4-5-11)7-2-1-3-8(13-7)10(15)16/h1-3,17H,4-6H2,(H,12,14)(H,15,16). The highest BCUT2D eigenvalue weighted by molar-refractivity contribution is 5.94. The minimum absolute atomic E-state index is 0.0363. The van der Waals surface area contributed by atoms with Gasteiger partial charge in [-0.25, -0.2) is 9.78 Å². The summed E-state index contributed by atoms with van der Waals surface area (Å²) in [7, 11) is 0. The van der Waals surface area contributed by atoms with E-state index in [1.807, 2.05) is 0 Å². The van der Waals surface area contributed by atoms with Gasteiger partial charge in [0, 0.05) is 6.54 Å². The summed E-state index contributed by atoms with van der Waals surface area (Å²) in [4.78, 5) is 26.0. The monoisotopic (exact) mass is 236 g/mol. The van der Waals surface area contributed by atoms with Gasteiger partial charge in [-0.3, -0.25) is 4.79 Å². The summed E-state index contributed by atoms with van der Waals surface area (Å²) in [6.45, 7) is 0.171. The molecule has 2 rings (SSSR count). The third-order valence-corrected chi connectivity index (χ3v) is 2.61. The molecule has 17 heavy (non-hydrogen) atoms. The fourth-order valence-corrected chi connectivity index (χ4v) is 1.34. The Labute approximate surface area is 97.3 Å². The van der Waals surface area contributed by atoms with Crippen LogP contribution in [0.3, 0.4) is 0 Å². The minimum atomic E-state index is -1.18. The lowest BCUT2D eigenvalue weighted by atomic mass is 10.2. The second kappa shape index (κ2) is 4.14. The van der Waals surface area contributed by atoms with Gasteiger partial charge in [0.1, 0.15) is 11.4 Å². The first-order valence-corrected chi connectivity index (χ1v) is 5.21. The SMILES string of the molecule is O=C(O)c1cccc(C(=O)NCC2(O)CC2)n1. The lowest BCUT2D eigenvalue weighted by Gasteiger charge is -2.09. The van der Waals surface area contributed by atoms with E-state index in [1.54, 1.807) is 0 Å². The maximum Gasteiger partial charge on any atom is 0.354 e. The molecule has 1 saturated carbocycles. The van der Waals surface area contributed by atoms with Crippen LogP contribution >= 0.6 is 0 Å². The first kappa shape index (κ1) is 11.5.